The topological polar surface area (TPSA) is 32.8 Å². The Hall–Kier alpha value is -7.30. The van der Waals surface area contributed by atoms with Gasteiger partial charge in [0.2, 0.25) is 0 Å². The van der Waals surface area contributed by atoms with Gasteiger partial charge in [-0.05, 0) is 281 Å². The van der Waals surface area contributed by atoms with Crippen molar-refractivity contribution in [1.82, 2.24) is 0 Å². The lowest BCUT2D eigenvalue weighted by Gasteiger charge is -2.28. The van der Waals surface area contributed by atoms with E-state index in [-0.39, 0.29) is 0 Å². The number of anilines is 6. The number of benzene rings is 9. The summed E-state index contributed by atoms with van der Waals surface area (Å²) < 4.78 is 13.6. The molecule has 0 aliphatic carbocycles. The van der Waals surface area contributed by atoms with Crippen molar-refractivity contribution >= 4 is 99.5 Å². The van der Waals surface area contributed by atoms with Crippen molar-refractivity contribution in [3.8, 4) is 0 Å². The summed E-state index contributed by atoms with van der Waals surface area (Å²) in [7, 11) is 0. The highest BCUT2D eigenvalue weighted by molar-refractivity contribution is 6.24. The van der Waals surface area contributed by atoms with Crippen LogP contribution in [-0.2, 0) is 0 Å². The van der Waals surface area contributed by atoms with E-state index in [9.17, 15) is 0 Å². The zero-order valence-corrected chi connectivity index (χ0v) is 40.3. The minimum atomic E-state index is 0.819. The molecular weight excluding hydrogens is 805 g/mol. The summed E-state index contributed by atoms with van der Waals surface area (Å²) >= 11 is 0. The third-order valence-electron chi connectivity index (χ3n) is 15.2. The fraction of sp³-hybridized carbons (Fsp3) is 0.194. The summed E-state index contributed by atoms with van der Waals surface area (Å²) in [6, 6.07) is 45.4. The van der Waals surface area contributed by atoms with E-state index in [4.69, 9.17) is 8.83 Å². The highest BCUT2D eigenvalue weighted by atomic mass is 16.3. The predicted octanol–water partition coefficient (Wildman–Crippen LogP) is 18.4. The highest BCUT2D eigenvalue weighted by Gasteiger charge is 2.22. The smallest absolute Gasteiger partial charge is 0.147 e. The van der Waals surface area contributed by atoms with Crippen molar-refractivity contribution in [2.45, 2.75) is 83.1 Å². The Morgan fingerprint density at radius 2 is 0.636 bits per heavy atom. The maximum atomic E-state index is 6.93. The average Bonchev–Trinajstić information content (AvgIpc) is 3.83. The van der Waals surface area contributed by atoms with Crippen LogP contribution in [0.3, 0.4) is 0 Å². The number of nitrogens with zero attached hydrogens (tertiary/aromatic N) is 2. The third-order valence-corrected chi connectivity index (χ3v) is 15.2. The molecule has 0 N–H and O–H groups in total. The Labute approximate surface area is 387 Å². The second-order valence-corrected chi connectivity index (χ2v) is 19.3. The molecule has 0 atom stereocenters. The first-order valence-corrected chi connectivity index (χ1v) is 23.2. The van der Waals surface area contributed by atoms with Gasteiger partial charge in [-0.15, -0.1) is 0 Å². The van der Waals surface area contributed by atoms with Crippen molar-refractivity contribution in [1.29, 1.82) is 0 Å². The van der Waals surface area contributed by atoms with E-state index in [1.165, 1.54) is 72.1 Å². The van der Waals surface area contributed by atoms with Crippen LogP contribution in [0.1, 0.15) is 66.8 Å². The van der Waals surface area contributed by atoms with Crippen LogP contribution in [0.25, 0.3) is 65.4 Å². The monoisotopic (exact) mass is 860 g/mol. The first-order valence-electron chi connectivity index (χ1n) is 23.2. The predicted molar refractivity (Wildman–Crippen MR) is 282 cm³/mol. The number of hydrogen-bond donors (Lipinski definition) is 0. The molecule has 66 heavy (non-hydrogen) atoms. The molecule has 0 unspecified atom stereocenters. The molecular formula is C62H56N2O2. The van der Waals surface area contributed by atoms with Crippen LogP contribution in [0, 0.1) is 83.1 Å². The van der Waals surface area contributed by atoms with Gasteiger partial charge in [-0.2, -0.15) is 0 Å². The van der Waals surface area contributed by atoms with Crippen LogP contribution in [0.4, 0.5) is 34.1 Å². The number of hydrogen-bond acceptors (Lipinski definition) is 4. The molecule has 2 aromatic heterocycles. The van der Waals surface area contributed by atoms with Gasteiger partial charge in [-0.3, -0.25) is 0 Å². The number of aryl methyl sites for hydroxylation is 8. The maximum Gasteiger partial charge on any atom is 0.147 e. The Bertz CT molecular complexity index is 3650. The van der Waals surface area contributed by atoms with Crippen LogP contribution in [-0.4, -0.2) is 0 Å². The quantitative estimate of drug-likeness (QED) is 0.167. The van der Waals surface area contributed by atoms with E-state index in [0.717, 1.165) is 94.2 Å². The molecule has 4 heteroatoms. The van der Waals surface area contributed by atoms with Crippen LogP contribution in [0.15, 0.2) is 130 Å². The minimum Gasteiger partial charge on any atom is -0.456 e. The number of rotatable bonds is 6. The van der Waals surface area contributed by atoms with Crippen molar-refractivity contribution in [2.24, 2.45) is 0 Å². The van der Waals surface area contributed by atoms with Gasteiger partial charge < -0.3 is 18.6 Å². The van der Waals surface area contributed by atoms with Gasteiger partial charge in [-0.1, -0.05) is 12.1 Å². The van der Waals surface area contributed by atoms with Gasteiger partial charge in [0.1, 0.15) is 22.3 Å². The van der Waals surface area contributed by atoms with Crippen molar-refractivity contribution < 1.29 is 8.83 Å². The number of fused-ring (bicyclic) bond motifs is 9. The zero-order valence-electron chi connectivity index (χ0n) is 40.3. The lowest BCUT2D eigenvalue weighted by atomic mass is 9.99. The summed E-state index contributed by atoms with van der Waals surface area (Å²) in [5.41, 5.74) is 25.8. The van der Waals surface area contributed by atoms with Crippen molar-refractivity contribution in [3.05, 3.63) is 188 Å². The Balaban J connectivity index is 1.04. The van der Waals surface area contributed by atoms with Crippen molar-refractivity contribution in [2.75, 3.05) is 9.80 Å². The molecule has 2 heterocycles. The van der Waals surface area contributed by atoms with Gasteiger partial charge >= 0.3 is 0 Å². The lowest BCUT2D eigenvalue weighted by Crippen LogP contribution is -2.12. The molecule has 0 saturated carbocycles. The molecule has 0 spiro atoms. The normalized spacial score (nSPS) is 11.9. The molecule has 9 aromatic carbocycles. The zero-order chi connectivity index (χ0) is 46.0. The van der Waals surface area contributed by atoms with Crippen LogP contribution >= 0.6 is 0 Å². The van der Waals surface area contributed by atoms with E-state index in [1.54, 1.807) is 0 Å². The standard InChI is InChI=1S/C62H56N2O2/c1-33-19-51(20-34(2)41(33)9)63(52-21-35(3)42(10)36(4)22-52)49-15-13-45-29-56-55-17-18-58-61(62(55)66-59(56)31-47(45)27-49)57-30-46-14-16-50(28-48(46)32-60(57)65-58)64(53-23-37(5)43(11)38(6)24-53)54-25-39(7)44(12)40(8)26-54/h13-32H,1-12H3. The second-order valence-electron chi connectivity index (χ2n) is 19.3. The Kier molecular flexibility index (Phi) is 9.50. The molecule has 0 radical (unpaired) electrons. The molecule has 0 amide bonds. The molecule has 4 nitrogen and oxygen atoms in total. The molecule has 0 fully saturated rings. The second kappa shape index (κ2) is 15.1. The minimum absolute atomic E-state index is 0.819. The molecule has 0 aliphatic rings. The highest BCUT2D eigenvalue weighted by Crippen LogP contribution is 2.45. The molecule has 11 aromatic rings. The number of furan rings is 2. The van der Waals surface area contributed by atoms with Gasteiger partial charge in [0, 0.05) is 50.3 Å². The summed E-state index contributed by atoms with van der Waals surface area (Å²) in [4.78, 5) is 4.81. The van der Waals surface area contributed by atoms with E-state index >= 15 is 0 Å². The Morgan fingerprint density at radius 1 is 0.273 bits per heavy atom. The van der Waals surface area contributed by atoms with Crippen LogP contribution in [0.5, 0.6) is 0 Å². The summed E-state index contributed by atoms with van der Waals surface area (Å²) in [6.07, 6.45) is 0. The maximum absolute atomic E-state index is 6.93. The van der Waals surface area contributed by atoms with E-state index in [2.05, 4.69) is 214 Å². The Morgan fingerprint density at radius 3 is 1.03 bits per heavy atom. The molecule has 0 bridgehead atoms. The fourth-order valence-corrected chi connectivity index (χ4v) is 10.3. The third kappa shape index (κ3) is 6.56. The van der Waals surface area contributed by atoms with Crippen molar-refractivity contribution in [3.63, 3.8) is 0 Å². The fourth-order valence-electron chi connectivity index (χ4n) is 10.3. The first-order chi connectivity index (χ1) is 31.6. The molecule has 11 rings (SSSR count). The van der Waals surface area contributed by atoms with Gasteiger partial charge in [0.05, 0.1) is 5.39 Å². The molecule has 0 aliphatic heterocycles. The van der Waals surface area contributed by atoms with Crippen LogP contribution in [0.2, 0.25) is 0 Å². The van der Waals surface area contributed by atoms with Gasteiger partial charge in [0.25, 0.3) is 0 Å². The first kappa shape index (κ1) is 41.4. The van der Waals surface area contributed by atoms with Gasteiger partial charge in [-0.25, -0.2) is 0 Å². The van der Waals surface area contributed by atoms with Gasteiger partial charge in [0.15, 0.2) is 0 Å². The largest absolute Gasteiger partial charge is 0.456 e. The van der Waals surface area contributed by atoms with E-state index < -0.39 is 0 Å². The summed E-state index contributed by atoms with van der Waals surface area (Å²) in [6.45, 7) is 26.5. The average molecular weight is 861 g/mol. The van der Waals surface area contributed by atoms with Crippen LogP contribution < -0.4 is 9.80 Å². The summed E-state index contributed by atoms with van der Waals surface area (Å²) in [5, 5.41) is 8.81. The summed E-state index contributed by atoms with van der Waals surface area (Å²) in [5.74, 6) is 0. The van der Waals surface area contributed by atoms with E-state index in [0.29, 0.717) is 0 Å². The van der Waals surface area contributed by atoms with E-state index in [1.807, 2.05) is 0 Å². The molecule has 0 saturated heterocycles. The molecule has 326 valence electrons. The SMILES string of the molecule is Cc1cc(N(c2cc(C)c(C)c(C)c2)c2ccc3cc4c(cc3c2)oc2c4ccc3oc4cc5cc(N(c6cc(C)c(C)c(C)c6)c6cc(C)c(C)c(C)c6)ccc5cc4c32)cc(C)c1C. The lowest BCUT2D eigenvalue weighted by molar-refractivity contribution is 0.663.